The second kappa shape index (κ2) is 7.75. The van der Waals surface area contributed by atoms with Gasteiger partial charge in [-0.2, -0.15) is 5.10 Å². The number of hydrazone groups is 1. The number of hydrogen-bond acceptors (Lipinski definition) is 5. The summed E-state index contributed by atoms with van der Waals surface area (Å²) in [6.07, 6.45) is 1.34. The van der Waals surface area contributed by atoms with E-state index in [2.05, 4.69) is 15.8 Å². The molecular weight excluding hydrogens is 336 g/mol. The molecule has 0 aliphatic heterocycles. The lowest BCUT2D eigenvalue weighted by Crippen LogP contribution is -2.24. The molecule has 3 rings (SSSR count). The number of hydrogen-bond donors (Lipinski definition) is 2. The third-order valence-electron chi connectivity index (χ3n) is 3.36. The van der Waals surface area contributed by atoms with E-state index in [1.54, 1.807) is 48.5 Å². The lowest BCUT2D eigenvalue weighted by molar-refractivity contribution is -0.384. The van der Waals surface area contributed by atoms with Gasteiger partial charge in [-0.25, -0.2) is 10.2 Å². The third kappa shape index (κ3) is 4.32. The minimum Gasteiger partial charge on any atom is -0.455 e. The van der Waals surface area contributed by atoms with Crippen molar-refractivity contribution in [3.8, 4) is 11.3 Å². The lowest BCUT2D eigenvalue weighted by atomic mass is 10.1. The second-order valence-corrected chi connectivity index (χ2v) is 5.20. The van der Waals surface area contributed by atoms with Crippen molar-refractivity contribution >= 4 is 23.6 Å². The van der Waals surface area contributed by atoms with Crippen molar-refractivity contribution in [3.63, 3.8) is 0 Å². The molecule has 2 N–H and O–H groups in total. The van der Waals surface area contributed by atoms with E-state index < -0.39 is 11.0 Å². The van der Waals surface area contributed by atoms with Gasteiger partial charge >= 0.3 is 6.03 Å². The molecule has 0 bridgehead atoms. The van der Waals surface area contributed by atoms with Gasteiger partial charge in [-0.1, -0.05) is 30.3 Å². The van der Waals surface area contributed by atoms with Gasteiger partial charge in [0, 0.05) is 23.4 Å². The van der Waals surface area contributed by atoms with Gasteiger partial charge in [-0.3, -0.25) is 10.1 Å². The van der Waals surface area contributed by atoms with E-state index in [9.17, 15) is 14.9 Å². The molecular formula is C18H14N4O4. The maximum Gasteiger partial charge on any atom is 0.339 e. The van der Waals surface area contributed by atoms with Gasteiger partial charge < -0.3 is 9.73 Å². The number of nitrogens with zero attached hydrogens (tertiary/aromatic N) is 2. The Morgan fingerprint density at radius 2 is 1.88 bits per heavy atom. The van der Waals surface area contributed by atoms with Crippen LogP contribution in [0.5, 0.6) is 0 Å². The zero-order valence-electron chi connectivity index (χ0n) is 13.5. The van der Waals surface area contributed by atoms with Crippen LogP contribution in [0.15, 0.2) is 76.2 Å². The molecule has 0 aliphatic carbocycles. The van der Waals surface area contributed by atoms with E-state index in [0.717, 1.165) is 0 Å². The Kier molecular flexibility index (Phi) is 5.04. The number of carbonyl (C=O) groups is 1. The maximum absolute atomic E-state index is 11.7. The van der Waals surface area contributed by atoms with Crippen LogP contribution >= 0.6 is 0 Å². The second-order valence-electron chi connectivity index (χ2n) is 5.20. The first kappa shape index (κ1) is 16.9. The highest BCUT2D eigenvalue weighted by atomic mass is 16.6. The van der Waals surface area contributed by atoms with Crippen LogP contribution in [0.4, 0.5) is 16.2 Å². The van der Waals surface area contributed by atoms with Gasteiger partial charge in [0.05, 0.1) is 11.1 Å². The van der Waals surface area contributed by atoms with Crippen LogP contribution in [0, 0.1) is 10.1 Å². The van der Waals surface area contributed by atoms with Gasteiger partial charge in [0.1, 0.15) is 11.5 Å². The number of urea groups is 1. The quantitative estimate of drug-likeness (QED) is 0.411. The molecule has 0 saturated carbocycles. The van der Waals surface area contributed by atoms with Crippen molar-refractivity contribution in [2.24, 2.45) is 5.10 Å². The third-order valence-corrected chi connectivity index (χ3v) is 3.36. The van der Waals surface area contributed by atoms with Crippen LogP contribution in [-0.4, -0.2) is 17.2 Å². The molecule has 8 heteroatoms. The minimum atomic E-state index is -0.488. The number of rotatable bonds is 5. The monoisotopic (exact) mass is 350 g/mol. The molecule has 0 atom stereocenters. The zero-order valence-corrected chi connectivity index (χ0v) is 13.5. The SMILES string of the molecule is O=C(NN=Cc1ccc(-c2cccc([N+](=O)[O-])c2)o1)Nc1ccccc1. The summed E-state index contributed by atoms with van der Waals surface area (Å²) in [6.45, 7) is 0. The van der Waals surface area contributed by atoms with Gasteiger partial charge in [-0.15, -0.1) is 0 Å². The van der Waals surface area contributed by atoms with Crippen molar-refractivity contribution in [1.82, 2.24) is 5.43 Å². The summed E-state index contributed by atoms with van der Waals surface area (Å²) < 4.78 is 5.56. The number of nitrogens with one attached hydrogen (secondary N) is 2. The van der Waals surface area contributed by atoms with E-state index in [0.29, 0.717) is 22.8 Å². The van der Waals surface area contributed by atoms with Crippen molar-refractivity contribution < 1.29 is 14.1 Å². The molecule has 0 unspecified atom stereocenters. The number of furan rings is 1. The number of nitro groups is 1. The number of para-hydroxylation sites is 1. The predicted octanol–water partition coefficient (Wildman–Crippen LogP) is 4.01. The summed E-state index contributed by atoms with van der Waals surface area (Å²) in [4.78, 5) is 22.1. The Morgan fingerprint density at radius 1 is 1.08 bits per heavy atom. The van der Waals surface area contributed by atoms with Crippen LogP contribution in [0.3, 0.4) is 0 Å². The first-order valence-corrected chi connectivity index (χ1v) is 7.61. The highest BCUT2D eigenvalue weighted by molar-refractivity contribution is 5.90. The molecule has 2 aromatic carbocycles. The predicted molar refractivity (Wildman–Crippen MR) is 97.0 cm³/mol. The van der Waals surface area contributed by atoms with E-state index >= 15 is 0 Å². The van der Waals surface area contributed by atoms with Crippen LogP contribution in [0.25, 0.3) is 11.3 Å². The molecule has 0 spiro atoms. The normalized spacial score (nSPS) is 10.6. The maximum atomic E-state index is 11.7. The van der Waals surface area contributed by atoms with E-state index in [1.807, 2.05) is 6.07 Å². The fourth-order valence-corrected chi connectivity index (χ4v) is 2.19. The standard InChI is InChI=1S/C18H14N4O4/c23-18(20-14-6-2-1-3-7-14)21-19-12-16-9-10-17(26-16)13-5-4-8-15(11-13)22(24)25/h1-12H,(H2,20,21,23). The molecule has 0 aliphatic rings. The van der Waals surface area contributed by atoms with E-state index in [-0.39, 0.29) is 5.69 Å². The molecule has 2 amide bonds. The molecule has 1 heterocycles. The van der Waals surface area contributed by atoms with Crippen molar-refractivity contribution in [1.29, 1.82) is 0 Å². The van der Waals surface area contributed by atoms with Gasteiger partial charge in [0.15, 0.2) is 0 Å². The molecule has 0 fully saturated rings. The Morgan fingerprint density at radius 3 is 2.65 bits per heavy atom. The van der Waals surface area contributed by atoms with Crippen LogP contribution in [0.1, 0.15) is 5.76 Å². The number of non-ortho nitro benzene ring substituents is 1. The number of benzene rings is 2. The average Bonchev–Trinajstić information content (AvgIpc) is 3.11. The summed E-state index contributed by atoms with van der Waals surface area (Å²) in [6, 6.07) is 17.9. The highest BCUT2D eigenvalue weighted by Gasteiger charge is 2.09. The van der Waals surface area contributed by atoms with Crippen molar-refractivity contribution in [3.05, 3.63) is 82.6 Å². The number of amides is 2. The van der Waals surface area contributed by atoms with Gasteiger partial charge in [-0.05, 0) is 24.3 Å². The van der Waals surface area contributed by atoms with Crippen LogP contribution in [0.2, 0.25) is 0 Å². The first-order chi connectivity index (χ1) is 12.6. The molecule has 8 nitrogen and oxygen atoms in total. The number of nitro benzene ring substituents is 1. The molecule has 0 saturated heterocycles. The van der Waals surface area contributed by atoms with Crippen molar-refractivity contribution in [2.45, 2.75) is 0 Å². The summed E-state index contributed by atoms with van der Waals surface area (Å²) in [5, 5.41) is 17.3. The topological polar surface area (TPSA) is 110 Å². The summed E-state index contributed by atoms with van der Waals surface area (Å²) in [5.41, 5.74) is 3.52. The van der Waals surface area contributed by atoms with Gasteiger partial charge in [0.2, 0.25) is 0 Å². The summed E-state index contributed by atoms with van der Waals surface area (Å²) >= 11 is 0. The average molecular weight is 350 g/mol. The largest absolute Gasteiger partial charge is 0.455 e. The fourth-order valence-electron chi connectivity index (χ4n) is 2.19. The molecule has 0 radical (unpaired) electrons. The molecule has 26 heavy (non-hydrogen) atoms. The number of carbonyl (C=O) groups excluding carboxylic acids is 1. The fraction of sp³-hybridized carbons (Fsp3) is 0. The van der Waals surface area contributed by atoms with E-state index in [4.69, 9.17) is 4.42 Å². The molecule has 130 valence electrons. The zero-order chi connectivity index (χ0) is 18.4. The highest BCUT2D eigenvalue weighted by Crippen LogP contribution is 2.25. The molecule has 1 aromatic heterocycles. The Labute approximate surface area is 148 Å². The minimum absolute atomic E-state index is 0.0200. The summed E-state index contributed by atoms with van der Waals surface area (Å²) in [7, 11) is 0. The molecule has 3 aromatic rings. The Balaban J connectivity index is 1.61. The van der Waals surface area contributed by atoms with E-state index in [1.165, 1.54) is 18.3 Å². The van der Waals surface area contributed by atoms with Crippen molar-refractivity contribution in [2.75, 3.05) is 5.32 Å². The van der Waals surface area contributed by atoms with Crippen LogP contribution in [-0.2, 0) is 0 Å². The van der Waals surface area contributed by atoms with Gasteiger partial charge in [0.25, 0.3) is 5.69 Å². The first-order valence-electron chi connectivity index (χ1n) is 7.61. The Hall–Kier alpha value is -3.94. The summed E-state index contributed by atoms with van der Waals surface area (Å²) in [5.74, 6) is 0.857. The lowest BCUT2D eigenvalue weighted by Gasteiger charge is -2.02. The Bertz CT molecular complexity index is 951. The smallest absolute Gasteiger partial charge is 0.339 e. The number of anilines is 1. The van der Waals surface area contributed by atoms with Crippen LogP contribution < -0.4 is 10.7 Å².